The van der Waals surface area contributed by atoms with Crippen LogP contribution in [-0.2, 0) is 13.0 Å². The minimum absolute atomic E-state index is 0.201. The maximum atomic E-state index is 12.9. The van der Waals surface area contributed by atoms with Crippen LogP contribution >= 0.6 is 11.3 Å². The first kappa shape index (κ1) is 22.5. The Morgan fingerprint density at radius 3 is 2.80 bits per heavy atom. The fourth-order valence-electron chi connectivity index (χ4n) is 5.62. The van der Waals surface area contributed by atoms with Gasteiger partial charge in [0, 0.05) is 36.0 Å². The lowest BCUT2D eigenvalue weighted by Gasteiger charge is -2.49. The molecule has 1 unspecified atom stereocenters. The van der Waals surface area contributed by atoms with Crippen molar-refractivity contribution in [2.24, 2.45) is 5.41 Å². The lowest BCUT2D eigenvalue weighted by atomic mass is 9.78. The second kappa shape index (κ2) is 8.06. The van der Waals surface area contributed by atoms with Gasteiger partial charge < -0.3 is 20.2 Å². The number of hydrogen-bond acceptors (Lipinski definition) is 6. The lowest BCUT2D eigenvalue weighted by Crippen LogP contribution is -2.56. The Morgan fingerprint density at radius 2 is 2.00 bits per heavy atom. The summed E-state index contributed by atoms with van der Waals surface area (Å²) in [6, 6.07) is 7.95. The van der Waals surface area contributed by atoms with E-state index in [0.717, 1.165) is 78.0 Å². The fraction of sp³-hybridized carbons (Fsp3) is 0.458. The molecule has 7 nitrogen and oxygen atoms in total. The van der Waals surface area contributed by atoms with E-state index < -0.39 is 12.6 Å². The Bertz CT molecular complexity index is 1470. The molecule has 4 aromatic rings. The van der Waals surface area contributed by atoms with E-state index >= 15 is 0 Å². The minimum Gasteiger partial charge on any atom is -0.355 e. The van der Waals surface area contributed by atoms with Gasteiger partial charge in [-0.15, -0.1) is 11.3 Å². The van der Waals surface area contributed by atoms with Gasteiger partial charge in [0.05, 0.1) is 22.8 Å². The second-order valence-corrected chi connectivity index (χ2v) is 11.1. The SMILES string of the molecule is Cc1nc(N2CC3(CCC(NCc4ccc5[nH]c(=O)[nH]c5c4)C3)C2)c2cc(CC(F)(F)F)sc2n1. The molecule has 11 heteroatoms. The van der Waals surface area contributed by atoms with E-state index in [1.54, 1.807) is 13.0 Å². The highest BCUT2D eigenvalue weighted by Gasteiger charge is 2.48. The van der Waals surface area contributed by atoms with E-state index in [9.17, 15) is 18.0 Å². The summed E-state index contributed by atoms with van der Waals surface area (Å²) in [7, 11) is 0. The molecule has 0 amide bonds. The number of imidazole rings is 1. The summed E-state index contributed by atoms with van der Waals surface area (Å²) in [5, 5.41) is 4.38. The highest BCUT2D eigenvalue weighted by molar-refractivity contribution is 7.18. The molecular formula is C24H25F3N6OS. The zero-order chi connectivity index (χ0) is 24.4. The van der Waals surface area contributed by atoms with Gasteiger partial charge in [0.2, 0.25) is 0 Å². The van der Waals surface area contributed by atoms with Gasteiger partial charge in [-0.05, 0) is 49.9 Å². The normalized spacial score (nSPS) is 19.8. The van der Waals surface area contributed by atoms with Crippen molar-refractivity contribution in [2.75, 3.05) is 18.0 Å². The molecular weight excluding hydrogens is 477 g/mol. The molecule has 0 radical (unpaired) electrons. The van der Waals surface area contributed by atoms with Gasteiger partial charge in [0.15, 0.2) is 0 Å². The van der Waals surface area contributed by atoms with Gasteiger partial charge >= 0.3 is 11.9 Å². The van der Waals surface area contributed by atoms with E-state index in [0.29, 0.717) is 16.7 Å². The molecule has 1 aromatic carbocycles. The van der Waals surface area contributed by atoms with Gasteiger partial charge in [-0.25, -0.2) is 14.8 Å². The number of nitrogens with zero attached hydrogens (tertiary/aromatic N) is 3. The van der Waals surface area contributed by atoms with Crippen LogP contribution in [0.1, 0.15) is 35.5 Å². The van der Waals surface area contributed by atoms with Gasteiger partial charge in [-0.3, -0.25) is 0 Å². The van der Waals surface area contributed by atoms with Crippen LogP contribution in [0.15, 0.2) is 29.1 Å². The van der Waals surface area contributed by atoms with Crippen LogP contribution in [0.5, 0.6) is 0 Å². The average molecular weight is 503 g/mol. The standard InChI is InChI=1S/C24H25F3N6OS/c1-13-29-20(17-7-16(9-24(25,26)27)35-21(17)30-13)33-11-23(12-33)5-4-15(8-23)28-10-14-2-3-18-19(6-14)32-22(34)31-18/h2-3,6-7,15,28H,4-5,8-12H2,1H3,(H2,31,32,34). The lowest BCUT2D eigenvalue weighted by molar-refractivity contribution is -0.126. The van der Waals surface area contributed by atoms with Crippen molar-refractivity contribution in [3.05, 3.63) is 51.0 Å². The molecule has 35 heavy (non-hydrogen) atoms. The van der Waals surface area contributed by atoms with E-state index in [-0.39, 0.29) is 16.0 Å². The summed E-state index contributed by atoms with van der Waals surface area (Å²) in [5.74, 6) is 1.34. The predicted octanol–water partition coefficient (Wildman–Crippen LogP) is 4.42. The van der Waals surface area contributed by atoms with E-state index in [2.05, 4.69) is 30.2 Å². The Kier molecular flexibility index (Phi) is 5.19. The average Bonchev–Trinajstić information content (AvgIpc) is 3.44. The Morgan fingerprint density at radius 1 is 1.20 bits per heavy atom. The molecule has 3 aromatic heterocycles. The number of nitrogens with one attached hydrogen (secondary N) is 3. The number of hydrogen-bond donors (Lipinski definition) is 3. The van der Waals surface area contributed by atoms with E-state index in [4.69, 9.17) is 0 Å². The number of aromatic nitrogens is 4. The molecule has 6 rings (SSSR count). The third kappa shape index (κ3) is 4.42. The molecule has 2 aliphatic rings. The van der Waals surface area contributed by atoms with Crippen molar-refractivity contribution in [3.63, 3.8) is 0 Å². The first-order chi connectivity index (χ1) is 16.6. The van der Waals surface area contributed by atoms with E-state index in [1.165, 1.54) is 0 Å². The van der Waals surface area contributed by atoms with Gasteiger partial charge in [-0.2, -0.15) is 13.2 Å². The van der Waals surface area contributed by atoms with Crippen LogP contribution in [0.2, 0.25) is 0 Å². The number of aromatic amines is 2. The molecule has 1 aliphatic heterocycles. The molecule has 1 saturated carbocycles. The van der Waals surface area contributed by atoms with Crippen molar-refractivity contribution < 1.29 is 13.2 Å². The van der Waals surface area contributed by atoms with Crippen molar-refractivity contribution >= 4 is 38.4 Å². The summed E-state index contributed by atoms with van der Waals surface area (Å²) < 4.78 is 38.7. The van der Waals surface area contributed by atoms with Crippen LogP contribution in [0.4, 0.5) is 19.0 Å². The van der Waals surface area contributed by atoms with Crippen molar-refractivity contribution in [1.29, 1.82) is 0 Å². The molecule has 184 valence electrons. The smallest absolute Gasteiger partial charge is 0.355 e. The quantitative estimate of drug-likeness (QED) is 0.376. The summed E-state index contributed by atoms with van der Waals surface area (Å²) in [5.41, 5.74) is 2.75. The van der Waals surface area contributed by atoms with Crippen molar-refractivity contribution in [3.8, 4) is 0 Å². The minimum atomic E-state index is -4.24. The molecule has 1 atom stereocenters. The van der Waals surface area contributed by atoms with E-state index in [1.807, 2.05) is 18.2 Å². The number of fused-ring (bicyclic) bond motifs is 2. The third-order valence-corrected chi connectivity index (χ3v) is 8.17. The van der Waals surface area contributed by atoms with Gasteiger partial charge in [0.25, 0.3) is 0 Å². The molecule has 1 aliphatic carbocycles. The summed E-state index contributed by atoms with van der Waals surface area (Å²) in [6.45, 7) is 4.24. The van der Waals surface area contributed by atoms with Crippen LogP contribution < -0.4 is 15.9 Å². The number of benzene rings is 1. The van der Waals surface area contributed by atoms with Crippen molar-refractivity contribution in [1.82, 2.24) is 25.3 Å². The number of rotatable bonds is 5. The number of anilines is 1. The monoisotopic (exact) mass is 502 g/mol. The maximum absolute atomic E-state index is 12.9. The zero-order valence-corrected chi connectivity index (χ0v) is 19.9. The number of aryl methyl sites for hydroxylation is 1. The van der Waals surface area contributed by atoms with Gasteiger partial charge in [0.1, 0.15) is 16.5 Å². The number of H-pyrrole nitrogens is 2. The summed E-state index contributed by atoms with van der Waals surface area (Å²) in [4.78, 5) is 29.1. The topological polar surface area (TPSA) is 89.7 Å². The maximum Gasteiger partial charge on any atom is 0.393 e. The molecule has 1 spiro atoms. The van der Waals surface area contributed by atoms with Crippen LogP contribution in [0.25, 0.3) is 21.3 Å². The van der Waals surface area contributed by atoms with Crippen LogP contribution in [-0.4, -0.2) is 45.2 Å². The van der Waals surface area contributed by atoms with Crippen LogP contribution in [0.3, 0.4) is 0 Å². The number of halogens is 3. The summed E-state index contributed by atoms with van der Waals surface area (Å²) >= 11 is 1.11. The van der Waals surface area contributed by atoms with Crippen molar-refractivity contribution in [2.45, 2.75) is 51.4 Å². The largest absolute Gasteiger partial charge is 0.393 e. The second-order valence-electron chi connectivity index (χ2n) is 9.95. The Balaban J connectivity index is 1.11. The molecule has 0 bridgehead atoms. The number of thiophene rings is 1. The first-order valence-corrected chi connectivity index (χ1v) is 12.5. The number of alkyl halides is 3. The Labute approximate surface area is 202 Å². The van der Waals surface area contributed by atoms with Gasteiger partial charge in [-0.1, -0.05) is 6.07 Å². The molecule has 3 N–H and O–H groups in total. The molecule has 1 saturated heterocycles. The molecule has 2 fully saturated rings. The predicted molar refractivity (Wildman–Crippen MR) is 130 cm³/mol. The zero-order valence-electron chi connectivity index (χ0n) is 19.1. The van der Waals surface area contributed by atoms with Crippen LogP contribution in [0, 0.1) is 12.3 Å². The summed E-state index contributed by atoms with van der Waals surface area (Å²) in [6.07, 6.45) is -1.91. The molecule has 4 heterocycles. The third-order valence-electron chi connectivity index (χ3n) is 7.14. The highest BCUT2D eigenvalue weighted by atomic mass is 32.1. The Hall–Kier alpha value is -2.92. The first-order valence-electron chi connectivity index (χ1n) is 11.7. The fourth-order valence-corrected chi connectivity index (χ4v) is 6.72. The highest BCUT2D eigenvalue weighted by Crippen LogP contribution is 2.48.